The molecule has 3 aromatic rings. The van der Waals surface area contributed by atoms with Gasteiger partial charge in [0.05, 0.1) is 0 Å². The number of fused-ring (bicyclic) bond motifs is 2. The van der Waals surface area contributed by atoms with Crippen LogP contribution in [0.25, 0.3) is 10.9 Å². The molecule has 1 unspecified atom stereocenters. The molecule has 0 spiro atoms. The number of aromatic nitrogens is 1. The summed E-state index contributed by atoms with van der Waals surface area (Å²) in [4.78, 5) is 3.33. The van der Waals surface area contributed by atoms with Gasteiger partial charge in [-0.3, -0.25) is 0 Å². The average Bonchev–Trinajstić information content (AvgIpc) is 2.99. The molecule has 1 atom stereocenters. The van der Waals surface area contributed by atoms with E-state index in [1.165, 1.54) is 4.31 Å². The quantitative estimate of drug-likeness (QED) is 0.758. The Morgan fingerprint density at radius 1 is 1.09 bits per heavy atom. The van der Waals surface area contributed by atoms with Crippen molar-refractivity contribution in [1.29, 1.82) is 0 Å². The Balaban J connectivity index is 1.78. The first-order valence-electron chi connectivity index (χ1n) is 7.47. The van der Waals surface area contributed by atoms with E-state index in [0.29, 0.717) is 23.4 Å². The van der Waals surface area contributed by atoms with E-state index in [0.717, 1.165) is 16.6 Å². The maximum Gasteiger partial charge on any atom is 0.245 e. The summed E-state index contributed by atoms with van der Waals surface area (Å²) >= 11 is 0. The van der Waals surface area contributed by atoms with E-state index in [2.05, 4.69) is 4.98 Å². The van der Waals surface area contributed by atoms with Gasteiger partial charge in [-0.25, -0.2) is 8.42 Å². The van der Waals surface area contributed by atoms with Gasteiger partial charge >= 0.3 is 0 Å². The summed E-state index contributed by atoms with van der Waals surface area (Å²) in [6.45, 7) is 0.643. The minimum Gasteiger partial charge on any atom is -0.360 e. The number of sulfonamides is 1. The van der Waals surface area contributed by atoms with Gasteiger partial charge in [-0.2, -0.15) is 4.31 Å². The zero-order chi connectivity index (χ0) is 16.0. The normalized spacial score (nSPS) is 18.9. The van der Waals surface area contributed by atoms with Crippen LogP contribution in [-0.4, -0.2) is 24.3 Å². The molecule has 1 aliphatic rings. The summed E-state index contributed by atoms with van der Waals surface area (Å²) in [7, 11) is -3.60. The molecule has 0 saturated carbocycles. The van der Waals surface area contributed by atoms with Crippen molar-refractivity contribution in [1.82, 2.24) is 9.29 Å². The Labute approximate surface area is 134 Å². The van der Waals surface area contributed by atoms with Crippen LogP contribution in [-0.2, 0) is 16.6 Å². The summed E-state index contributed by atoms with van der Waals surface area (Å²) < 4.78 is 27.6. The summed E-state index contributed by atoms with van der Waals surface area (Å²) in [5.74, 6) is 0. The van der Waals surface area contributed by atoms with Gasteiger partial charge in [-0.1, -0.05) is 42.5 Å². The zero-order valence-electron chi connectivity index (χ0n) is 12.4. The van der Waals surface area contributed by atoms with Gasteiger partial charge in [0, 0.05) is 36.2 Å². The number of nitrogens with two attached hydrogens (primary N) is 1. The van der Waals surface area contributed by atoms with E-state index in [1.54, 1.807) is 6.20 Å². The molecule has 3 N–H and O–H groups in total. The lowest BCUT2D eigenvalue weighted by atomic mass is 9.98. The van der Waals surface area contributed by atoms with E-state index in [4.69, 9.17) is 5.73 Å². The minimum atomic E-state index is -3.60. The fourth-order valence-electron chi connectivity index (χ4n) is 3.19. The molecular formula is C17H17N3O2S. The van der Waals surface area contributed by atoms with Crippen LogP contribution in [0.4, 0.5) is 0 Å². The first-order chi connectivity index (χ1) is 11.1. The Kier molecular flexibility index (Phi) is 3.26. The Morgan fingerprint density at radius 2 is 1.83 bits per heavy atom. The van der Waals surface area contributed by atoms with Gasteiger partial charge in [0.1, 0.15) is 4.90 Å². The lowest BCUT2D eigenvalue weighted by molar-refractivity contribution is 0.358. The molecule has 118 valence electrons. The second-order valence-corrected chi connectivity index (χ2v) is 7.71. The van der Waals surface area contributed by atoms with Crippen molar-refractivity contribution < 1.29 is 8.42 Å². The number of benzene rings is 2. The van der Waals surface area contributed by atoms with Gasteiger partial charge in [-0.15, -0.1) is 0 Å². The second kappa shape index (κ2) is 5.19. The monoisotopic (exact) mass is 327 g/mol. The minimum absolute atomic E-state index is 0.291. The Bertz CT molecular complexity index is 978. The Hall–Kier alpha value is -2.15. The molecule has 0 fully saturated rings. The third kappa shape index (κ3) is 2.26. The van der Waals surface area contributed by atoms with Crippen molar-refractivity contribution in [2.75, 3.05) is 6.54 Å². The average molecular weight is 327 g/mol. The number of hydrogen-bond donors (Lipinski definition) is 2. The van der Waals surface area contributed by atoms with Crippen LogP contribution in [0.15, 0.2) is 59.6 Å². The molecule has 23 heavy (non-hydrogen) atoms. The SMILES string of the molecule is NC1CN(S(=O)(=O)c2c[nH]c3ccccc23)Cc2ccccc21. The highest BCUT2D eigenvalue weighted by molar-refractivity contribution is 7.89. The first-order valence-corrected chi connectivity index (χ1v) is 8.91. The van der Waals surface area contributed by atoms with Crippen LogP contribution < -0.4 is 5.73 Å². The van der Waals surface area contributed by atoms with E-state index < -0.39 is 10.0 Å². The molecule has 4 rings (SSSR count). The molecule has 1 aliphatic heterocycles. The first kappa shape index (κ1) is 14.4. The largest absolute Gasteiger partial charge is 0.360 e. The van der Waals surface area contributed by atoms with Crippen LogP contribution in [0.2, 0.25) is 0 Å². The third-order valence-corrected chi connectivity index (χ3v) is 6.22. The molecule has 2 heterocycles. The predicted octanol–water partition coefficient (Wildman–Crippen LogP) is 2.37. The van der Waals surface area contributed by atoms with Crippen molar-refractivity contribution in [3.05, 3.63) is 65.9 Å². The van der Waals surface area contributed by atoms with Gasteiger partial charge < -0.3 is 10.7 Å². The molecule has 0 amide bonds. The number of aromatic amines is 1. The highest BCUT2D eigenvalue weighted by Gasteiger charge is 2.33. The fraction of sp³-hybridized carbons (Fsp3) is 0.176. The smallest absolute Gasteiger partial charge is 0.245 e. The number of nitrogens with zero attached hydrogens (tertiary/aromatic N) is 1. The molecule has 0 aliphatic carbocycles. The van der Waals surface area contributed by atoms with Crippen LogP contribution >= 0.6 is 0 Å². The third-order valence-electron chi connectivity index (χ3n) is 4.37. The summed E-state index contributed by atoms with van der Waals surface area (Å²) in [5, 5.41) is 0.708. The molecule has 5 nitrogen and oxygen atoms in total. The standard InChI is InChI=1S/C17H17N3O2S/c18-15-11-20(10-12-5-1-2-6-13(12)15)23(21,22)17-9-19-16-8-4-3-7-14(16)17/h1-9,15,19H,10-11,18H2. The number of hydrogen-bond acceptors (Lipinski definition) is 3. The summed E-state index contributed by atoms with van der Waals surface area (Å²) in [5.41, 5.74) is 8.99. The maximum absolute atomic E-state index is 13.1. The van der Waals surface area contributed by atoms with Gasteiger partial charge in [0.2, 0.25) is 10.0 Å². The van der Waals surface area contributed by atoms with Crippen LogP contribution in [0.5, 0.6) is 0 Å². The molecular weight excluding hydrogens is 310 g/mol. The molecule has 6 heteroatoms. The fourth-order valence-corrected chi connectivity index (χ4v) is 4.80. The molecule has 0 saturated heterocycles. The van der Waals surface area contributed by atoms with Gasteiger partial charge in [0.25, 0.3) is 0 Å². The highest BCUT2D eigenvalue weighted by Crippen LogP contribution is 2.31. The van der Waals surface area contributed by atoms with Crippen molar-refractivity contribution in [2.24, 2.45) is 5.73 Å². The van der Waals surface area contributed by atoms with Crippen molar-refractivity contribution >= 4 is 20.9 Å². The van der Waals surface area contributed by atoms with E-state index >= 15 is 0 Å². The second-order valence-electron chi connectivity index (χ2n) is 5.80. The summed E-state index contributed by atoms with van der Waals surface area (Å²) in [6, 6.07) is 14.8. The van der Waals surface area contributed by atoms with Crippen LogP contribution in [0.1, 0.15) is 17.2 Å². The topological polar surface area (TPSA) is 79.2 Å². The van der Waals surface area contributed by atoms with Gasteiger partial charge in [0.15, 0.2) is 0 Å². The molecule has 0 radical (unpaired) electrons. The van der Waals surface area contributed by atoms with Crippen molar-refractivity contribution in [2.45, 2.75) is 17.5 Å². The predicted molar refractivity (Wildman–Crippen MR) is 89.3 cm³/mol. The lowest BCUT2D eigenvalue weighted by Gasteiger charge is -2.31. The van der Waals surface area contributed by atoms with Crippen LogP contribution in [0, 0.1) is 0 Å². The van der Waals surface area contributed by atoms with Crippen LogP contribution in [0.3, 0.4) is 0 Å². The lowest BCUT2D eigenvalue weighted by Crippen LogP contribution is -2.40. The maximum atomic E-state index is 13.1. The van der Waals surface area contributed by atoms with E-state index in [1.807, 2.05) is 48.5 Å². The number of H-pyrrole nitrogens is 1. The van der Waals surface area contributed by atoms with Crippen molar-refractivity contribution in [3.8, 4) is 0 Å². The number of nitrogens with one attached hydrogen (secondary N) is 1. The number of rotatable bonds is 2. The highest BCUT2D eigenvalue weighted by atomic mass is 32.2. The van der Waals surface area contributed by atoms with Crippen molar-refractivity contribution in [3.63, 3.8) is 0 Å². The number of para-hydroxylation sites is 1. The molecule has 2 aromatic carbocycles. The molecule has 1 aromatic heterocycles. The van der Waals surface area contributed by atoms with E-state index in [-0.39, 0.29) is 6.04 Å². The zero-order valence-corrected chi connectivity index (χ0v) is 13.3. The summed E-state index contributed by atoms with van der Waals surface area (Å²) in [6.07, 6.45) is 1.56. The Morgan fingerprint density at radius 3 is 2.70 bits per heavy atom. The van der Waals surface area contributed by atoms with E-state index in [9.17, 15) is 8.42 Å². The van der Waals surface area contributed by atoms with Gasteiger partial charge in [-0.05, 0) is 17.2 Å². The molecule has 0 bridgehead atoms.